The number of rotatable bonds is 4. The normalized spacial score (nSPS) is 12.6. The fourth-order valence-electron chi connectivity index (χ4n) is 0.479. The van der Waals surface area contributed by atoms with E-state index in [1.165, 1.54) is 13.8 Å². The van der Waals surface area contributed by atoms with Crippen LogP contribution in [0.1, 0.15) is 20.8 Å². The zero-order valence-electron chi connectivity index (χ0n) is 9.67. The standard InChI is InChI=1S/C5H10O3.C5H8O3/c1-3-8-5(7)4(2)6;1-3-5(7)8-4(2)6/h4,6H,3H2,1-2H3;3-4,6H,1H2,2H3. The molecule has 0 saturated carbocycles. The van der Waals surface area contributed by atoms with E-state index in [-0.39, 0.29) is 0 Å². The number of carbonyl (C=O) groups is 2. The summed E-state index contributed by atoms with van der Waals surface area (Å²) >= 11 is 0. The summed E-state index contributed by atoms with van der Waals surface area (Å²) in [6, 6.07) is 0. The van der Waals surface area contributed by atoms with Crippen molar-refractivity contribution in [2.45, 2.75) is 33.2 Å². The van der Waals surface area contributed by atoms with E-state index < -0.39 is 24.3 Å². The molecule has 2 unspecified atom stereocenters. The Morgan fingerprint density at radius 1 is 1.38 bits per heavy atom. The number of aliphatic hydroxyl groups is 2. The quantitative estimate of drug-likeness (QED) is 0.403. The lowest BCUT2D eigenvalue weighted by atomic mass is 10.4. The molecule has 16 heavy (non-hydrogen) atoms. The molecule has 0 aliphatic carbocycles. The molecule has 6 heteroatoms. The minimum atomic E-state index is -1.04. The second kappa shape index (κ2) is 10.1. The van der Waals surface area contributed by atoms with Gasteiger partial charge in [0.25, 0.3) is 0 Å². The molecule has 0 heterocycles. The molecule has 0 radical (unpaired) electrons. The Hall–Kier alpha value is -1.40. The maximum atomic E-state index is 10.3. The van der Waals surface area contributed by atoms with E-state index in [9.17, 15) is 9.59 Å². The first kappa shape index (κ1) is 17.0. The molecule has 0 aromatic carbocycles. The minimum Gasteiger partial charge on any atom is -0.464 e. The van der Waals surface area contributed by atoms with Gasteiger partial charge in [-0.05, 0) is 20.8 Å². The van der Waals surface area contributed by atoms with Gasteiger partial charge in [0.05, 0.1) is 6.61 Å². The molecule has 0 aromatic rings. The Kier molecular flexibility index (Phi) is 10.8. The van der Waals surface area contributed by atoms with Crippen LogP contribution in [0.25, 0.3) is 0 Å². The van der Waals surface area contributed by atoms with E-state index >= 15 is 0 Å². The van der Waals surface area contributed by atoms with Gasteiger partial charge in [0.15, 0.2) is 6.29 Å². The molecule has 0 saturated heterocycles. The second-order valence-electron chi connectivity index (χ2n) is 2.67. The van der Waals surface area contributed by atoms with Crippen LogP contribution >= 0.6 is 0 Å². The fraction of sp³-hybridized carbons (Fsp3) is 0.600. The number of esters is 2. The Morgan fingerprint density at radius 3 is 2.00 bits per heavy atom. The van der Waals surface area contributed by atoms with E-state index in [0.29, 0.717) is 6.61 Å². The maximum absolute atomic E-state index is 10.3. The summed E-state index contributed by atoms with van der Waals surface area (Å²) in [5.74, 6) is -1.17. The number of carbonyl (C=O) groups excluding carboxylic acids is 2. The highest BCUT2D eigenvalue weighted by Crippen LogP contribution is 1.84. The van der Waals surface area contributed by atoms with Crippen LogP contribution in [0, 0.1) is 0 Å². The van der Waals surface area contributed by atoms with E-state index in [2.05, 4.69) is 16.1 Å². The smallest absolute Gasteiger partial charge is 0.334 e. The van der Waals surface area contributed by atoms with Crippen LogP contribution in [0.2, 0.25) is 0 Å². The van der Waals surface area contributed by atoms with Crippen LogP contribution in [0.3, 0.4) is 0 Å². The van der Waals surface area contributed by atoms with Gasteiger partial charge < -0.3 is 19.7 Å². The summed E-state index contributed by atoms with van der Waals surface area (Å²) in [5.41, 5.74) is 0. The molecule has 2 N–H and O–H groups in total. The molecule has 0 aliphatic heterocycles. The average molecular weight is 234 g/mol. The van der Waals surface area contributed by atoms with Crippen LogP contribution in [-0.2, 0) is 19.1 Å². The Bertz CT molecular complexity index is 221. The predicted octanol–water partition coefficient (Wildman–Crippen LogP) is -0.0158. The monoisotopic (exact) mass is 234 g/mol. The number of aliphatic hydroxyl groups excluding tert-OH is 2. The maximum Gasteiger partial charge on any atom is 0.334 e. The summed E-state index contributed by atoms with van der Waals surface area (Å²) in [5, 5.41) is 16.8. The van der Waals surface area contributed by atoms with Gasteiger partial charge in [0.2, 0.25) is 0 Å². The highest BCUT2D eigenvalue weighted by atomic mass is 16.6. The van der Waals surface area contributed by atoms with Gasteiger partial charge in [-0.15, -0.1) is 0 Å². The van der Waals surface area contributed by atoms with Crippen LogP contribution in [0.5, 0.6) is 0 Å². The summed E-state index contributed by atoms with van der Waals surface area (Å²) < 4.78 is 8.61. The molecule has 2 atom stereocenters. The van der Waals surface area contributed by atoms with Crippen molar-refractivity contribution < 1.29 is 29.3 Å². The highest BCUT2D eigenvalue weighted by molar-refractivity contribution is 5.81. The minimum absolute atomic E-state index is 0.323. The van der Waals surface area contributed by atoms with Crippen molar-refractivity contribution in [3.8, 4) is 0 Å². The molecule has 0 fully saturated rings. The average Bonchev–Trinajstić information content (AvgIpc) is 2.18. The van der Waals surface area contributed by atoms with Gasteiger partial charge in [0.1, 0.15) is 6.10 Å². The van der Waals surface area contributed by atoms with Gasteiger partial charge in [-0.2, -0.15) is 0 Å². The number of hydrogen-bond acceptors (Lipinski definition) is 6. The summed E-state index contributed by atoms with van der Waals surface area (Å²) in [6.45, 7) is 7.87. The van der Waals surface area contributed by atoms with E-state index in [1.807, 2.05) is 0 Å². The molecule has 0 spiro atoms. The Labute approximate surface area is 94.5 Å². The zero-order chi connectivity index (χ0) is 13.1. The second-order valence-corrected chi connectivity index (χ2v) is 2.67. The van der Waals surface area contributed by atoms with E-state index in [4.69, 9.17) is 10.2 Å². The third-order valence-electron chi connectivity index (χ3n) is 1.08. The van der Waals surface area contributed by atoms with Crippen LogP contribution in [0.4, 0.5) is 0 Å². The van der Waals surface area contributed by atoms with Gasteiger partial charge in [0, 0.05) is 6.08 Å². The van der Waals surface area contributed by atoms with E-state index in [1.54, 1.807) is 6.92 Å². The number of hydrogen-bond donors (Lipinski definition) is 2. The molecule has 94 valence electrons. The van der Waals surface area contributed by atoms with Crippen molar-refractivity contribution in [2.75, 3.05) is 6.61 Å². The molecule has 0 rings (SSSR count). The molecular formula is C10H18O6. The lowest BCUT2D eigenvalue weighted by Gasteiger charge is -2.01. The van der Waals surface area contributed by atoms with Crippen molar-refractivity contribution in [1.82, 2.24) is 0 Å². The Morgan fingerprint density at radius 2 is 1.88 bits per heavy atom. The molecule has 0 amide bonds. The third kappa shape index (κ3) is 12.6. The summed E-state index contributed by atoms with van der Waals surface area (Å²) in [7, 11) is 0. The van der Waals surface area contributed by atoms with Gasteiger partial charge in [-0.3, -0.25) is 0 Å². The SMILES string of the molecule is C=CC(=O)OC(C)O.CCOC(=O)C(C)O. The van der Waals surface area contributed by atoms with Crippen molar-refractivity contribution in [1.29, 1.82) is 0 Å². The largest absolute Gasteiger partial charge is 0.464 e. The zero-order valence-corrected chi connectivity index (χ0v) is 9.67. The lowest BCUT2D eigenvalue weighted by Crippen LogP contribution is -2.18. The predicted molar refractivity (Wildman–Crippen MR) is 56.3 cm³/mol. The van der Waals surface area contributed by atoms with Gasteiger partial charge >= 0.3 is 11.9 Å². The van der Waals surface area contributed by atoms with Crippen molar-refractivity contribution >= 4 is 11.9 Å². The first-order chi connectivity index (χ1) is 7.34. The van der Waals surface area contributed by atoms with Crippen LogP contribution in [0.15, 0.2) is 12.7 Å². The topological polar surface area (TPSA) is 93.1 Å². The summed E-state index contributed by atoms with van der Waals surface area (Å²) in [6.07, 6.45) is -1.04. The van der Waals surface area contributed by atoms with Crippen molar-refractivity contribution in [2.24, 2.45) is 0 Å². The highest BCUT2D eigenvalue weighted by Gasteiger charge is 2.07. The third-order valence-corrected chi connectivity index (χ3v) is 1.08. The van der Waals surface area contributed by atoms with Crippen LogP contribution in [-0.4, -0.2) is 41.2 Å². The molecule has 0 aromatic heterocycles. The fourth-order valence-corrected chi connectivity index (χ4v) is 0.479. The number of ether oxygens (including phenoxy) is 2. The Balaban J connectivity index is 0. The first-order valence-corrected chi connectivity index (χ1v) is 4.70. The molecule has 6 nitrogen and oxygen atoms in total. The van der Waals surface area contributed by atoms with Gasteiger partial charge in [-0.25, -0.2) is 9.59 Å². The van der Waals surface area contributed by atoms with E-state index in [0.717, 1.165) is 6.08 Å². The molecular weight excluding hydrogens is 216 g/mol. The van der Waals surface area contributed by atoms with Crippen molar-refractivity contribution in [3.05, 3.63) is 12.7 Å². The van der Waals surface area contributed by atoms with Crippen molar-refractivity contribution in [3.63, 3.8) is 0 Å². The first-order valence-electron chi connectivity index (χ1n) is 4.70. The summed E-state index contributed by atoms with van der Waals surface area (Å²) in [4.78, 5) is 20.4. The van der Waals surface area contributed by atoms with Crippen LogP contribution < -0.4 is 0 Å². The molecule has 0 aliphatic rings. The lowest BCUT2D eigenvalue weighted by molar-refractivity contribution is -0.158. The van der Waals surface area contributed by atoms with Gasteiger partial charge in [-0.1, -0.05) is 6.58 Å². The molecule has 0 bridgehead atoms.